The van der Waals surface area contributed by atoms with Crippen molar-refractivity contribution in [2.45, 2.75) is 46.5 Å². The van der Waals surface area contributed by atoms with Crippen LogP contribution >= 0.6 is 0 Å². The summed E-state index contributed by atoms with van der Waals surface area (Å²) in [6.45, 7) is 7.15. The molecule has 1 aliphatic heterocycles. The van der Waals surface area contributed by atoms with Gasteiger partial charge < -0.3 is 15.8 Å². The van der Waals surface area contributed by atoms with Crippen molar-refractivity contribution in [1.29, 1.82) is 0 Å². The molecular weight excluding hydrogens is 230 g/mol. The minimum atomic E-state index is -0.924. The van der Waals surface area contributed by atoms with Crippen LogP contribution in [0.5, 0.6) is 0 Å². The molecule has 0 unspecified atom stereocenters. The third kappa shape index (κ3) is 3.15. The lowest BCUT2D eigenvalue weighted by atomic mass is 9.87. The van der Waals surface area contributed by atoms with Crippen molar-refractivity contribution < 1.29 is 10.0 Å². The first-order chi connectivity index (χ1) is 8.43. The van der Waals surface area contributed by atoms with E-state index in [2.05, 4.69) is 12.1 Å². The molecule has 0 saturated carbocycles. The predicted molar refractivity (Wildman–Crippen MR) is 71.4 cm³/mol. The Labute approximate surface area is 109 Å². The van der Waals surface area contributed by atoms with Gasteiger partial charge in [0.1, 0.15) is 5.41 Å². The second-order valence-electron chi connectivity index (χ2n) is 5.63. The summed E-state index contributed by atoms with van der Waals surface area (Å²) in [4.78, 5) is 14.2. The van der Waals surface area contributed by atoms with Gasteiger partial charge in [0, 0.05) is 13.1 Å². The summed E-state index contributed by atoms with van der Waals surface area (Å²) in [6, 6.07) is 0. The Balaban J connectivity index is 2.60. The number of nitrogens with two attached hydrogens (primary N) is 1. The lowest BCUT2D eigenvalue weighted by Gasteiger charge is -2.36. The van der Waals surface area contributed by atoms with Crippen molar-refractivity contribution >= 4 is 11.7 Å². The number of piperidine rings is 1. The second kappa shape index (κ2) is 6.07. The van der Waals surface area contributed by atoms with Crippen molar-refractivity contribution in [3.8, 4) is 0 Å². The molecule has 0 bridgehead atoms. The van der Waals surface area contributed by atoms with Crippen LogP contribution in [0.3, 0.4) is 0 Å². The maximum Gasteiger partial charge on any atom is 0.235 e. The third-order valence-corrected chi connectivity index (χ3v) is 3.88. The summed E-state index contributed by atoms with van der Waals surface area (Å²) in [6.07, 6.45) is 4.57. The van der Waals surface area contributed by atoms with E-state index in [-0.39, 0.29) is 11.7 Å². The number of oxime groups is 1. The van der Waals surface area contributed by atoms with Crippen molar-refractivity contribution in [2.24, 2.45) is 22.2 Å². The van der Waals surface area contributed by atoms with Crippen LogP contribution in [0.15, 0.2) is 5.16 Å². The third-order valence-electron chi connectivity index (χ3n) is 3.88. The monoisotopic (exact) mass is 255 g/mol. The zero-order valence-electron chi connectivity index (χ0n) is 11.6. The Morgan fingerprint density at radius 1 is 1.44 bits per heavy atom. The number of carbonyl (C=O) groups is 1. The summed E-state index contributed by atoms with van der Waals surface area (Å²) >= 11 is 0. The van der Waals surface area contributed by atoms with E-state index in [4.69, 9.17) is 10.9 Å². The van der Waals surface area contributed by atoms with Gasteiger partial charge in [0.2, 0.25) is 5.91 Å². The summed E-state index contributed by atoms with van der Waals surface area (Å²) < 4.78 is 0. The zero-order chi connectivity index (χ0) is 13.8. The minimum absolute atomic E-state index is 0.0248. The fraction of sp³-hybridized carbons (Fsp3) is 0.846. The smallest absolute Gasteiger partial charge is 0.235 e. The number of hydrogen-bond donors (Lipinski definition) is 2. The van der Waals surface area contributed by atoms with Gasteiger partial charge in [0.25, 0.3) is 0 Å². The van der Waals surface area contributed by atoms with Gasteiger partial charge in [-0.2, -0.15) is 0 Å². The van der Waals surface area contributed by atoms with Gasteiger partial charge in [-0.05, 0) is 32.6 Å². The molecule has 0 radical (unpaired) electrons. The molecule has 1 fully saturated rings. The number of carbonyl (C=O) groups excluding carboxylic acids is 1. The second-order valence-corrected chi connectivity index (χ2v) is 5.63. The molecule has 1 amide bonds. The van der Waals surface area contributed by atoms with Crippen molar-refractivity contribution in [1.82, 2.24) is 4.90 Å². The first-order valence-corrected chi connectivity index (χ1v) is 6.70. The van der Waals surface area contributed by atoms with E-state index in [0.717, 1.165) is 31.8 Å². The maximum atomic E-state index is 12.3. The van der Waals surface area contributed by atoms with E-state index in [1.165, 1.54) is 12.8 Å². The number of likely N-dealkylation sites (tertiary alicyclic amines) is 1. The summed E-state index contributed by atoms with van der Waals surface area (Å²) in [5.41, 5.74) is 4.66. The molecule has 5 nitrogen and oxygen atoms in total. The minimum Gasteiger partial charge on any atom is -0.409 e. The lowest BCUT2D eigenvalue weighted by Crippen LogP contribution is -2.50. The first kappa shape index (κ1) is 14.8. The van der Waals surface area contributed by atoms with Gasteiger partial charge in [-0.1, -0.05) is 24.9 Å². The normalized spacial score (nSPS) is 19.1. The molecule has 1 rings (SSSR count). The van der Waals surface area contributed by atoms with Crippen LogP contribution in [-0.4, -0.2) is 34.9 Å². The quantitative estimate of drug-likeness (QED) is 0.348. The van der Waals surface area contributed by atoms with E-state index in [9.17, 15) is 4.79 Å². The highest BCUT2D eigenvalue weighted by Gasteiger charge is 2.37. The lowest BCUT2D eigenvalue weighted by molar-refractivity contribution is -0.138. The van der Waals surface area contributed by atoms with E-state index in [1.54, 1.807) is 13.8 Å². The maximum absolute atomic E-state index is 12.3. The highest BCUT2D eigenvalue weighted by Crippen LogP contribution is 2.26. The largest absolute Gasteiger partial charge is 0.409 e. The fourth-order valence-corrected chi connectivity index (χ4v) is 2.46. The summed E-state index contributed by atoms with van der Waals surface area (Å²) in [5.74, 6) is 0.668. The fourth-order valence-electron chi connectivity index (χ4n) is 2.46. The molecule has 104 valence electrons. The van der Waals surface area contributed by atoms with Crippen molar-refractivity contribution in [3.63, 3.8) is 0 Å². The van der Waals surface area contributed by atoms with Crippen LogP contribution in [-0.2, 0) is 4.79 Å². The Morgan fingerprint density at radius 3 is 2.44 bits per heavy atom. The molecule has 5 heteroatoms. The molecule has 0 atom stereocenters. The van der Waals surface area contributed by atoms with Gasteiger partial charge in [-0.25, -0.2) is 0 Å². The van der Waals surface area contributed by atoms with Crippen LogP contribution < -0.4 is 5.73 Å². The Morgan fingerprint density at radius 2 is 2.00 bits per heavy atom. The highest BCUT2D eigenvalue weighted by atomic mass is 16.4. The zero-order valence-corrected chi connectivity index (χ0v) is 11.6. The average Bonchev–Trinajstić information content (AvgIpc) is 2.38. The van der Waals surface area contributed by atoms with E-state index in [1.807, 2.05) is 4.90 Å². The van der Waals surface area contributed by atoms with E-state index in [0.29, 0.717) is 0 Å². The molecule has 0 aliphatic carbocycles. The molecule has 18 heavy (non-hydrogen) atoms. The molecule has 1 aliphatic rings. The predicted octanol–water partition coefficient (Wildman–Crippen LogP) is 1.80. The van der Waals surface area contributed by atoms with Gasteiger partial charge in [0.05, 0.1) is 0 Å². The summed E-state index contributed by atoms with van der Waals surface area (Å²) in [5, 5.41) is 11.7. The summed E-state index contributed by atoms with van der Waals surface area (Å²) in [7, 11) is 0. The molecule has 0 aromatic rings. The number of amidine groups is 1. The number of amides is 1. The van der Waals surface area contributed by atoms with Gasteiger partial charge in [0.15, 0.2) is 5.84 Å². The molecule has 0 aromatic carbocycles. The van der Waals surface area contributed by atoms with Gasteiger partial charge >= 0.3 is 0 Å². The number of nitrogens with zero attached hydrogens (tertiary/aromatic N) is 2. The topological polar surface area (TPSA) is 78.9 Å². The van der Waals surface area contributed by atoms with Gasteiger partial charge in [-0.15, -0.1) is 0 Å². The molecule has 0 aromatic heterocycles. The first-order valence-electron chi connectivity index (χ1n) is 6.70. The van der Waals surface area contributed by atoms with E-state index < -0.39 is 5.41 Å². The molecular formula is C13H25N3O2. The molecule has 3 N–H and O–H groups in total. The van der Waals surface area contributed by atoms with Crippen LogP contribution in [0, 0.1) is 11.3 Å². The Kier molecular flexibility index (Phi) is 4.99. The van der Waals surface area contributed by atoms with Crippen LogP contribution in [0.25, 0.3) is 0 Å². The van der Waals surface area contributed by atoms with Gasteiger partial charge in [-0.3, -0.25) is 4.79 Å². The van der Waals surface area contributed by atoms with Crippen LogP contribution in [0.4, 0.5) is 0 Å². The molecule has 0 spiro atoms. The highest BCUT2D eigenvalue weighted by molar-refractivity contribution is 6.05. The van der Waals surface area contributed by atoms with E-state index >= 15 is 0 Å². The molecule has 1 heterocycles. The Hall–Kier alpha value is -1.26. The van der Waals surface area contributed by atoms with Crippen LogP contribution in [0.2, 0.25) is 0 Å². The molecule has 1 saturated heterocycles. The number of rotatable bonds is 4. The van der Waals surface area contributed by atoms with Crippen LogP contribution in [0.1, 0.15) is 46.5 Å². The standard InChI is InChI=1S/C13H25N3O2/c1-4-5-10-6-8-16(9-7-10)12(17)13(2,3)11(14)15-18/h10,18H,4-9H2,1-3H3,(H2,14,15). The van der Waals surface area contributed by atoms with Crippen molar-refractivity contribution in [3.05, 3.63) is 0 Å². The SMILES string of the molecule is CCCC1CCN(C(=O)C(C)(C)C(N)=NO)CC1. The number of hydrogen-bond acceptors (Lipinski definition) is 3. The van der Waals surface area contributed by atoms with Crippen molar-refractivity contribution in [2.75, 3.05) is 13.1 Å². The Bertz CT molecular complexity index is 318. The average molecular weight is 255 g/mol.